The highest BCUT2D eigenvalue weighted by molar-refractivity contribution is 6.28. The van der Waals surface area contributed by atoms with E-state index in [-0.39, 0.29) is 10.6 Å². The molecule has 0 aromatic carbocycles. The highest BCUT2D eigenvalue weighted by Gasteiger charge is 2.54. The Hall–Kier alpha value is -0.880. The highest BCUT2D eigenvalue weighted by Crippen LogP contribution is 2.45. The van der Waals surface area contributed by atoms with Gasteiger partial charge >= 0.3 is 5.97 Å². The van der Waals surface area contributed by atoms with Crippen molar-refractivity contribution in [3.05, 3.63) is 34.3 Å². The molecule has 3 aliphatic heterocycles. The van der Waals surface area contributed by atoms with Crippen LogP contribution in [0.15, 0.2) is 18.3 Å². The maximum atomic E-state index is 11.5. The summed E-state index contributed by atoms with van der Waals surface area (Å²) in [6.45, 7) is 3.89. The van der Waals surface area contributed by atoms with Crippen molar-refractivity contribution in [3.63, 3.8) is 0 Å². The number of ether oxygens (including phenoxy) is 3. The van der Waals surface area contributed by atoms with Crippen LogP contribution in [0.25, 0.3) is 0 Å². The minimum absolute atomic E-state index is 0.0453. The van der Waals surface area contributed by atoms with Gasteiger partial charge in [0.15, 0.2) is 6.20 Å². The van der Waals surface area contributed by atoms with Gasteiger partial charge in [-0.15, -0.1) is 0 Å². The third kappa shape index (κ3) is 2.10. The van der Waals surface area contributed by atoms with E-state index in [2.05, 4.69) is 6.92 Å². The van der Waals surface area contributed by atoms with Crippen molar-refractivity contribution in [1.29, 1.82) is 0 Å². The van der Waals surface area contributed by atoms with Crippen molar-refractivity contribution < 1.29 is 18.9 Å². The van der Waals surface area contributed by atoms with E-state index in [0.29, 0.717) is 30.1 Å². The summed E-state index contributed by atoms with van der Waals surface area (Å²) in [4.78, 5) is 0. The van der Waals surface area contributed by atoms with Gasteiger partial charge < -0.3 is 19.4 Å². The van der Waals surface area contributed by atoms with Crippen LogP contribution in [0.5, 0.6) is 0 Å². The molecule has 3 aliphatic rings. The van der Waals surface area contributed by atoms with Crippen LogP contribution >= 0.6 is 11.6 Å². The van der Waals surface area contributed by atoms with Crippen LogP contribution in [0, 0.1) is 10.6 Å². The molecule has 3 fully saturated rings. The van der Waals surface area contributed by atoms with Gasteiger partial charge in [-0.3, -0.25) is 0 Å². The molecule has 2 bridgehead atoms. The molecule has 0 saturated carbocycles. The lowest BCUT2D eigenvalue weighted by atomic mass is 9.84. The first-order chi connectivity index (χ1) is 9.09. The molecule has 4 heterocycles. The molecule has 0 amide bonds. The topological polar surface area (TPSA) is 54.6 Å². The number of hydrogen-bond donors (Lipinski definition) is 0. The van der Waals surface area contributed by atoms with Gasteiger partial charge in [0.25, 0.3) is 5.15 Å². The lowest BCUT2D eigenvalue weighted by Gasteiger charge is -2.51. The van der Waals surface area contributed by atoms with E-state index >= 15 is 0 Å². The first kappa shape index (κ1) is 13.1. The second-order valence-corrected chi connectivity index (χ2v) is 5.63. The standard InChI is InChI=1S/C13H16ClNO4/c1-2-5-12-7-17-13(18-8-12,19-9-12)10-3-4-11(14)15(16)6-10/h3-4,6H,2,5,7-9H2,1H3. The number of nitrogens with zero attached hydrogens (tertiary/aromatic N) is 1. The quantitative estimate of drug-likeness (QED) is 0.484. The van der Waals surface area contributed by atoms with Crippen molar-refractivity contribution >= 4 is 11.6 Å². The molecule has 6 heteroatoms. The normalized spacial score (nSPS) is 33.6. The molecule has 0 radical (unpaired) electrons. The Morgan fingerprint density at radius 2 is 1.89 bits per heavy atom. The summed E-state index contributed by atoms with van der Waals surface area (Å²) in [6.07, 6.45) is 3.40. The Bertz CT molecular complexity index is 469. The predicted octanol–water partition coefficient (Wildman–Crippen LogP) is 1.95. The van der Waals surface area contributed by atoms with Crippen molar-refractivity contribution in [2.24, 2.45) is 5.41 Å². The number of halogens is 1. The van der Waals surface area contributed by atoms with Gasteiger partial charge in [-0.1, -0.05) is 13.3 Å². The number of rotatable bonds is 3. The van der Waals surface area contributed by atoms with E-state index in [9.17, 15) is 5.21 Å². The maximum Gasteiger partial charge on any atom is 0.318 e. The molecule has 5 nitrogen and oxygen atoms in total. The number of pyridine rings is 1. The smallest absolute Gasteiger partial charge is 0.318 e. The van der Waals surface area contributed by atoms with Crippen molar-refractivity contribution in [1.82, 2.24) is 0 Å². The molecule has 0 unspecified atom stereocenters. The molecule has 3 saturated heterocycles. The second kappa shape index (κ2) is 4.59. The molecule has 0 spiro atoms. The molecule has 19 heavy (non-hydrogen) atoms. The summed E-state index contributed by atoms with van der Waals surface area (Å²) in [5.74, 6) is -1.24. The van der Waals surface area contributed by atoms with Gasteiger partial charge in [0.1, 0.15) is 5.56 Å². The fraction of sp³-hybridized carbons (Fsp3) is 0.615. The average molecular weight is 286 g/mol. The third-order valence-corrected chi connectivity index (χ3v) is 4.00. The average Bonchev–Trinajstić information content (AvgIpc) is 2.44. The van der Waals surface area contributed by atoms with Crippen LogP contribution in [-0.4, -0.2) is 19.8 Å². The van der Waals surface area contributed by atoms with Gasteiger partial charge in [0, 0.05) is 11.5 Å². The summed E-state index contributed by atoms with van der Waals surface area (Å²) in [6, 6.07) is 3.20. The molecule has 0 aliphatic carbocycles. The Labute approximate surface area is 116 Å². The summed E-state index contributed by atoms with van der Waals surface area (Å²) in [7, 11) is 0. The summed E-state index contributed by atoms with van der Waals surface area (Å²) >= 11 is 5.71. The molecular formula is C13H16ClNO4. The Balaban J connectivity index is 1.85. The number of fused-ring (bicyclic) bond motifs is 3. The largest absolute Gasteiger partial charge is 0.618 e. The molecule has 1 aromatic heterocycles. The monoisotopic (exact) mass is 285 g/mol. The SMILES string of the molecule is CCCC12COC(c3ccc(Cl)[n+]([O-])c3)(OC1)OC2. The van der Waals surface area contributed by atoms with Gasteiger partial charge in [-0.05, 0) is 24.1 Å². The third-order valence-electron chi connectivity index (χ3n) is 3.71. The predicted molar refractivity (Wildman–Crippen MR) is 67.3 cm³/mol. The Kier molecular flexibility index (Phi) is 3.17. The van der Waals surface area contributed by atoms with E-state index < -0.39 is 5.97 Å². The van der Waals surface area contributed by atoms with Gasteiger partial charge in [-0.2, -0.15) is 4.73 Å². The highest BCUT2D eigenvalue weighted by atomic mass is 35.5. The summed E-state index contributed by atoms with van der Waals surface area (Å²) < 4.78 is 17.9. The van der Waals surface area contributed by atoms with E-state index in [1.54, 1.807) is 6.07 Å². The zero-order valence-electron chi connectivity index (χ0n) is 10.7. The molecular weight excluding hydrogens is 270 g/mol. The number of hydrogen-bond acceptors (Lipinski definition) is 4. The molecule has 0 atom stereocenters. The van der Waals surface area contributed by atoms with Gasteiger partial charge in [0.05, 0.1) is 19.8 Å². The van der Waals surface area contributed by atoms with Crippen LogP contribution < -0.4 is 4.73 Å². The Morgan fingerprint density at radius 1 is 1.26 bits per heavy atom. The lowest BCUT2D eigenvalue weighted by Crippen LogP contribution is -2.58. The molecule has 1 aromatic rings. The summed E-state index contributed by atoms with van der Waals surface area (Å²) in [5.41, 5.74) is 0.493. The Morgan fingerprint density at radius 3 is 2.42 bits per heavy atom. The van der Waals surface area contributed by atoms with Gasteiger partial charge in [-0.25, -0.2) is 0 Å². The van der Waals surface area contributed by atoms with Gasteiger partial charge in [0.2, 0.25) is 0 Å². The minimum Gasteiger partial charge on any atom is -0.618 e. The van der Waals surface area contributed by atoms with E-state index in [0.717, 1.165) is 12.8 Å². The second-order valence-electron chi connectivity index (χ2n) is 5.24. The van der Waals surface area contributed by atoms with Crippen LogP contribution in [0.3, 0.4) is 0 Å². The summed E-state index contributed by atoms with van der Waals surface area (Å²) in [5, 5.41) is 11.6. The van der Waals surface area contributed by atoms with Crippen molar-refractivity contribution in [3.8, 4) is 0 Å². The van der Waals surface area contributed by atoms with Crippen LogP contribution in [-0.2, 0) is 20.2 Å². The zero-order valence-corrected chi connectivity index (χ0v) is 11.5. The lowest BCUT2D eigenvalue weighted by molar-refractivity contribution is -0.606. The first-order valence-electron chi connectivity index (χ1n) is 6.40. The minimum atomic E-state index is -1.24. The zero-order chi connectivity index (χ0) is 13.5. The van der Waals surface area contributed by atoms with E-state index in [1.807, 2.05) is 0 Å². The van der Waals surface area contributed by atoms with Crippen molar-refractivity contribution in [2.75, 3.05) is 19.8 Å². The van der Waals surface area contributed by atoms with E-state index in [1.165, 1.54) is 12.3 Å². The fourth-order valence-corrected chi connectivity index (χ4v) is 2.75. The fourth-order valence-electron chi connectivity index (χ4n) is 2.64. The molecule has 4 rings (SSSR count). The maximum absolute atomic E-state index is 11.5. The van der Waals surface area contributed by atoms with E-state index in [4.69, 9.17) is 25.8 Å². The van der Waals surface area contributed by atoms with Crippen LogP contribution in [0.4, 0.5) is 0 Å². The van der Waals surface area contributed by atoms with Crippen LogP contribution in [0.1, 0.15) is 25.3 Å². The van der Waals surface area contributed by atoms with Crippen molar-refractivity contribution in [2.45, 2.75) is 25.7 Å². The first-order valence-corrected chi connectivity index (χ1v) is 6.78. The number of aromatic nitrogens is 1. The molecule has 104 valence electrons. The molecule has 0 N–H and O–H groups in total. The van der Waals surface area contributed by atoms with Crippen LogP contribution in [0.2, 0.25) is 5.15 Å².